The van der Waals surface area contributed by atoms with E-state index in [9.17, 15) is 9.59 Å². The molecule has 1 fully saturated rings. The van der Waals surface area contributed by atoms with Gasteiger partial charge in [0, 0.05) is 18.3 Å². The first-order chi connectivity index (χ1) is 12.6. The summed E-state index contributed by atoms with van der Waals surface area (Å²) >= 11 is 0. The summed E-state index contributed by atoms with van der Waals surface area (Å²) in [5, 5.41) is 0. The molecule has 0 spiro atoms. The maximum Gasteiger partial charge on any atom is 0.337 e. The standard InChI is InChI=1S/C23H24O3/c1-26-22(25)18-8-10-21-17(13-18)7-9-19-14-20(24)11-12-23(19,21)15-16-5-3-2-4-6-16/h2-6,8,10,13,19H,7,9,11-12,14-15H2,1H3/t19-,23+/m1/s1. The van der Waals surface area contributed by atoms with Crippen molar-refractivity contribution in [3.8, 4) is 0 Å². The number of carbonyl (C=O) groups is 2. The van der Waals surface area contributed by atoms with Crippen LogP contribution in [0, 0.1) is 5.92 Å². The summed E-state index contributed by atoms with van der Waals surface area (Å²) in [7, 11) is 1.42. The van der Waals surface area contributed by atoms with Crippen LogP contribution >= 0.6 is 0 Å². The van der Waals surface area contributed by atoms with Gasteiger partial charge in [0.25, 0.3) is 0 Å². The van der Waals surface area contributed by atoms with Crippen LogP contribution in [-0.4, -0.2) is 18.9 Å². The highest BCUT2D eigenvalue weighted by Gasteiger charge is 2.47. The second-order valence-electron chi connectivity index (χ2n) is 7.66. The zero-order valence-corrected chi connectivity index (χ0v) is 15.2. The molecule has 134 valence electrons. The highest BCUT2D eigenvalue weighted by Crippen LogP contribution is 2.51. The molecule has 1 saturated carbocycles. The average Bonchev–Trinajstić information content (AvgIpc) is 2.68. The third-order valence-electron chi connectivity index (χ3n) is 6.29. The van der Waals surface area contributed by atoms with Crippen molar-refractivity contribution in [1.29, 1.82) is 0 Å². The van der Waals surface area contributed by atoms with Crippen LogP contribution in [0.4, 0.5) is 0 Å². The van der Waals surface area contributed by atoms with Gasteiger partial charge < -0.3 is 4.74 Å². The Morgan fingerprint density at radius 2 is 1.96 bits per heavy atom. The maximum absolute atomic E-state index is 12.1. The normalized spacial score (nSPS) is 24.5. The largest absolute Gasteiger partial charge is 0.465 e. The van der Waals surface area contributed by atoms with E-state index in [-0.39, 0.29) is 11.4 Å². The van der Waals surface area contributed by atoms with Gasteiger partial charge >= 0.3 is 5.97 Å². The average molecular weight is 348 g/mol. The first-order valence-corrected chi connectivity index (χ1v) is 9.40. The number of esters is 1. The number of ether oxygens (including phenoxy) is 1. The fourth-order valence-electron chi connectivity index (χ4n) is 5.02. The van der Waals surface area contributed by atoms with Crippen LogP contribution in [0.1, 0.15) is 52.7 Å². The van der Waals surface area contributed by atoms with Crippen molar-refractivity contribution >= 4 is 11.8 Å². The molecule has 3 heteroatoms. The summed E-state index contributed by atoms with van der Waals surface area (Å²) in [6.07, 6.45) is 5.13. The van der Waals surface area contributed by atoms with Gasteiger partial charge in [0.05, 0.1) is 12.7 Å². The van der Waals surface area contributed by atoms with Crippen molar-refractivity contribution in [2.24, 2.45) is 5.92 Å². The van der Waals surface area contributed by atoms with Gasteiger partial charge in [0.2, 0.25) is 0 Å². The number of carbonyl (C=O) groups excluding carboxylic acids is 2. The molecular formula is C23H24O3. The Morgan fingerprint density at radius 1 is 1.15 bits per heavy atom. The Morgan fingerprint density at radius 3 is 2.73 bits per heavy atom. The molecule has 0 aliphatic heterocycles. The molecule has 2 atom stereocenters. The van der Waals surface area contributed by atoms with Gasteiger partial charge in [-0.15, -0.1) is 0 Å². The molecule has 2 aromatic carbocycles. The predicted molar refractivity (Wildman–Crippen MR) is 100 cm³/mol. The zero-order valence-electron chi connectivity index (χ0n) is 15.2. The molecule has 0 saturated heterocycles. The lowest BCUT2D eigenvalue weighted by Crippen LogP contribution is -2.46. The van der Waals surface area contributed by atoms with E-state index in [0.717, 1.165) is 25.7 Å². The van der Waals surface area contributed by atoms with E-state index in [1.165, 1.54) is 23.8 Å². The molecule has 0 heterocycles. The van der Waals surface area contributed by atoms with E-state index in [2.05, 4.69) is 30.3 Å². The summed E-state index contributed by atoms with van der Waals surface area (Å²) < 4.78 is 4.89. The Labute approximate surface area is 154 Å². The quantitative estimate of drug-likeness (QED) is 0.778. The highest BCUT2D eigenvalue weighted by molar-refractivity contribution is 5.89. The van der Waals surface area contributed by atoms with Crippen LogP contribution in [0.15, 0.2) is 48.5 Å². The third-order valence-corrected chi connectivity index (χ3v) is 6.29. The van der Waals surface area contributed by atoms with E-state index >= 15 is 0 Å². The van der Waals surface area contributed by atoms with Crippen molar-refractivity contribution < 1.29 is 14.3 Å². The number of methoxy groups -OCH3 is 1. The summed E-state index contributed by atoms with van der Waals surface area (Å²) in [6, 6.07) is 16.6. The Hall–Kier alpha value is -2.42. The van der Waals surface area contributed by atoms with Gasteiger partial charge in [0.15, 0.2) is 0 Å². The minimum absolute atomic E-state index is 0.00248. The fourth-order valence-corrected chi connectivity index (χ4v) is 5.02. The summed E-state index contributed by atoms with van der Waals surface area (Å²) in [5.74, 6) is 0.500. The van der Waals surface area contributed by atoms with Gasteiger partial charge in [-0.1, -0.05) is 36.4 Å². The van der Waals surface area contributed by atoms with E-state index < -0.39 is 0 Å². The minimum atomic E-state index is -0.286. The molecule has 2 aliphatic rings. The van der Waals surface area contributed by atoms with Crippen molar-refractivity contribution in [3.05, 3.63) is 70.8 Å². The van der Waals surface area contributed by atoms with Crippen molar-refractivity contribution in [1.82, 2.24) is 0 Å². The molecule has 0 N–H and O–H groups in total. The van der Waals surface area contributed by atoms with Crippen molar-refractivity contribution in [3.63, 3.8) is 0 Å². The van der Waals surface area contributed by atoms with Crippen LogP contribution in [0.5, 0.6) is 0 Å². The van der Waals surface area contributed by atoms with E-state index in [0.29, 0.717) is 30.1 Å². The molecule has 3 nitrogen and oxygen atoms in total. The van der Waals surface area contributed by atoms with Gasteiger partial charge in [-0.2, -0.15) is 0 Å². The van der Waals surface area contributed by atoms with Gasteiger partial charge in [0.1, 0.15) is 5.78 Å². The van der Waals surface area contributed by atoms with Crippen LogP contribution in [0.25, 0.3) is 0 Å². The second-order valence-corrected chi connectivity index (χ2v) is 7.66. The molecular weight excluding hydrogens is 324 g/mol. The molecule has 0 aromatic heterocycles. The first-order valence-electron chi connectivity index (χ1n) is 9.40. The highest BCUT2D eigenvalue weighted by atomic mass is 16.5. The third kappa shape index (κ3) is 2.86. The van der Waals surface area contributed by atoms with E-state index in [4.69, 9.17) is 4.74 Å². The fraction of sp³-hybridized carbons (Fsp3) is 0.391. The monoisotopic (exact) mass is 348 g/mol. The van der Waals surface area contributed by atoms with Gasteiger partial charge in [-0.05, 0) is 60.4 Å². The molecule has 4 rings (SSSR count). The lowest BCUT2D eigenvalue weighted by molar-refractivity contribution is -0.123. The van der Waals surface area contributed by atoms with Crippen LogP contribution in [0.2, 0.25) is 0 Å². The Kier molecular flexibility index (Phi) is 4.39. The molecule has 0 amide bonds. The summed E-state index contributed by atoms with van der Waals surface area (Å²) in [4.78, 5) is 24.1. The lowest BCUT2D eigenvalue weighted by Gasteiger charge is -2.48. The smallest absolute Gasteiger partial charge is 0.337 e. The first kappa shape index (κ1) is 17.0. The van der Waals surface area contributed by atoms with Crippen LogP contribution < -0.4 is 0 Å². The van der Waals surface area contributed by atoms with Crippen molar-refractivity contribution in [2.75, 3.05) is 7.11 Å². The van der Waals surface area contributed by atoms with Gasteiger partial charge in [-0.3, -0.25) is 4.79 Å². The van der Waals surface area contributed by atoms with E-state index in [1.807, 2.05) is 18.2 Å². The Balaban J connectivity index is 1.79. The summed E-state index contributed by atoms with van der Waals surface area (Å²) in [5.41, 5.74) is 4.51. The SMILES string of the molecule is COC(=O)c1ccc2c(c1)CC[C@@H]1CC(=O)CC[C@@]21Cc1ccccc1. The maximum atomic E-state index is 12.1. The number of hydrogen-bond acceptors (Lipinski definition) is 3. The predicted octanol–water partition coefficient (Wildman–Crippen LogP) is 4.27. The molecule has 0 radical (unpaired) electrons. The van der Waals surface area contributed by atoms with Crippen LogP contribution in [-0.2, 0) is 27.8 Å². The molecule has 0 unspecified atom stereocenters. The number of hydrogen-bond donors (Lipinski definition) is 0. The zero-order chi connectivity index (χ0) is 18.1. The second kappa shape index (κ2) is 6.71. The van der Waals surface area contributed by atoms with Crippen LogP contribution in [0.3, 0.4) is 0 Å². The molecule has 26 heavy (non-hydrogen) atoms. The number of fused-ring (bicyclic) bond motifs is 3. The summed E-state index contributed by atoms with van der Waals surface area (Å²) in [6.45, 7) is 0. The lowest BCUT2D eigenvalue weighted by atomic mass is 9.55. The number of benzene rings is 2. The molecule has 2 aromatic rings. The number of rotatable bonds is 3. The van der Waals surface area contributed by atoms with E-state index in [1.54, 1.807) is 0 Å². The topological polar surface area (TPSA) is 43.4 Å². The Bertz CT molecular complexity index is 840. The molecule has 2 aliphatic carbocycles. The van der Waals surface area contributed by atoms with Crippen molar-refractivity contribution in [2.45, 2.75) is 43.9 Å². The number of ketones is 1. The number of aryl methyl sites for hydroxylation is 1. The molecule has 0 bridgehead atoms. The number of Topliss-reactive ketones (excluding diaryl/α,β-unsaturated/α-hetero) is 1. The minimum Gasteiger partial charge on any atom is -0.465 e. The van der Waals surface area contributed by atoms with Gasteiger partial charge in [-0.25, -0.2) is 4.79 Å².